The van der Waals surface area contributed by atoms with Gasteiger partial charge >= 0.3 is 0 Å². The zero-order valence-corrected chi connectivity index (χ0v) is 7.10. The predicted molar refractivity (Wildman–Crippen MR) is 43.0 cm³/mol. The van der Waals surface area contributed by atoms with Crippen molar-refractivity contribution in [2.24, 2.45) is 0 Å². The van der Waals surface area contributed by atoms with Crippen LogP contribution in [-0.4, -0.2) is 10.5 Å². The molecule has 1 heterocycles. The Labute approximate surface area is 59.8 Å². The van der Waals surface area contributed by atoms with Crippen molar-refractivity contribution in [3.63, 3.8) is 0 Å². The van der Waals surface area contributed by atoms with Gasteiger partial charge in [-0.15, -0.1) is 23.5 Å². The van der Waals surface area contributed by atoms with E-state index in [1.54, 1.807) is 0 Å². The van der Waals surface area contributed by atoms with E-state index >= 15 is 0 Å². The molecular formula is C6H11S2. The molecule has 0 nitrogen and oxygen atoms in total. The van der Waals surface area contributed by atoms with E-state index in [1.165, 1.54) is 4.58 Å². The van der Waals surface area contributed by atoms with Gasteiger partial charge in [0, 0.05) is 10.5 Å². The van der Waals surface area contributed by atoms with Crippen LogP contribution in [0.1, 0.15) is 20.8 Å². The zero-order chi connectivity index (χ0) is 6.15. The second-order valence-corrected chi connectivity index (χ2v) is 5.58. The van der Waals surface area contributed by atoms with E-state index in [1.807, 2.05) is 23.5 Å². The number of rotatable bonds is 0. The molecule has 0 aromatic heterocycles. The minimum atomic E-state index is 0.833. The summed E-state index contributed by atoms with van der Waals surface area (Å²) in [7, 11) is 0. The molecule has 1 aliphatic heterocycles. The quantitative estimate of drug-likeness (QED) is 0.517. The van der Waals surface area contributed by atoms with Crippen LogP contribution in [0.25, 0.3) is 0 Å². The average Bonchev–Trinajstić information content (AvgIpc) is 1.85. The fourth-order valence-corrected chi connectivity index (χ4v) is 3.64. The van der Waals surface area contributed by atoms with Crippen LogP contribution in [0.5, 0.6) is 0 Å². The second-order valence-electron chi connectivity index (χ2n) is 2.14. The van der Waals surface area contributed by atoms with Gasteiger partial charge in [0.2, 0.25) is 0 Å². The molecule has 2 atom stereocenters. The highest BCUT2D eigenvalue weighted by atomic mass is 32.2. The largest absolute Gasteiger partial charge is 0.138 e. The van der Waals surface area contributed by atoms with Gasteiger partial charge in [0.05, 0.1) is 4.58 Å². The smallest absolute Gasteiger partial charge is 0.0823 e. The molecule has 1 radical (unpaired) electrons. The first kappa shape index (κ1) is 6.81. The summed E-state index contributed by atoms with van der Waals surface area (Å²) in [5.41, 5.74) is 0. The van der Waals surface area contributed by atoms with E-state index < -0.39 is 0 Å². The minimum Gasteiger partial charge on any atom is -0.138 e. The van der Waals surface area contributed by atoms with Gasteiger partial charge in [-0.2, -0.15) is 0 Å². The standard InChI is InChI=1S/C6H11S2/c1-4-5(2)8-6(3)7-4/h4-5H,1-3H3. The van der Waals surface area contributed by atoms with Crippen LogP contribution < -0.4 is 0 Å². The molecule has 0 spiro atoms. The Hall–Kier alpha value is 0.700. The van der Waals surface area contributed by atoms with E-state index in [9.17, 15) is 0 Å². The third-order valence-corrected chi connectivity index (χ3v) is 4.34. The molecule has 0 N–H and O–H groups in total. The zero-order valence-electron chi connectivity index (χ0n) is 5.47. The molecule has 47 valence electrons. The Morgan fingerprint density at radius 1 is 1.12 bits per heavy atom. The molecule has 1 aliphatic rings. The summed E-state index contributed by atoms with van der Waals surface area (Å²) < 4.78 is 1.53. The predicted octanol–water partition coefficient (Wildman–Crippen LogP) is 2.75. The highest BCUT2D eigenvalue weighted by Crippen LogP contribution is 2.47. The Bertz CT molecular complexity index is 72.6. The second kappa shape index (κ2) is 2.53. The molecule has 0 saturated carbocycles. The van der Waals surface area contributed by atoms with E-state index in [4.69, 9.17) is 0 Å². The molecule has 1 saturated heterocycles. The maximum absolute atomic E-state index is 2.29. The summed E-state index contributed by atoms with van der Waals surface area (Å²) in [5.74, 6) is 0. The molecule has 1 fully saturated rings. The monoisotopic (exact) mass is 147 g/mol. The van der Waals surface area contributed by atoms with Gasteiger partial charge in [-0.25, -0.2) is 0 Å². The summed E-state index contributed by atoms with van der Waals surface area (Å²) in [6, 6.07) is 0. The van der Waals surface area contributed by atoms with Crippen LogP contribution in [0.3, 0.4) is 0 Å². The van der Waals surface area contributed by atoms with E-state index in [2.05, 4.69) is 20.8 Å². The summed E-state index contributed by atoms with van der Waals surface area (Å²) >= 11 is 4.02. The lowest BCUT2D eigenvalue weighted by molar-refractivity contribution is 0.941. The summed E-state index contributed by atoms with van der Waals surface area (Å²) in [5, 5.41) is 1.67. The van der Waals surface area contributed by atoms with Crippen LogP contribution in [0.2, 0.25) is 0 Å². The Balaban J connectivity index is 2.39. The fraction of sp³-hybridized carbons (Fsp3) is 0.833. The fourth-order valence-electron chi connectivity index (χ4n) is 0.743. The van der Waals surface area contributed by atoms with Gasteiger partial charge in [-0.1, -0.05) is 13.8 Å². The molecule has 0 bridgehead atoms. The van der Waals surface area contributed by atoms with Gasteiger partial charge in [0.15, 0.2) is 0 Å². The first-order chi connectivity index (χ1) is 3.70. The molecule has 0 aromatic rings. The molecule has 2 heteroatoms. The molecule has 1 rings (SSSR count). The third-order valence-electron chi connectivity index (χ3n) is 1.36. The van der Waals surface area contributed by atoms with Crippen molar-refractivity contribution < 1.29 is 0 Å². The SMILES string of the molecule is C[C]1SC(C)C(C)S1. The summed E-state index contributed by atoms with van der Waals surface area (Å²) in [6.07, 6.45) is 0. The summed E-state index contributed by atoms with van der Waals surface area (Å²) in [6.45, 7) is 6.78. The maximum Gasteiger partial charge on any atom is 0.0823 e. The topological polar surface area (TPSA) is 0 Å². The van der Waals surface area contributed by atoms with Crippen molar-refractivity contribution >= 4 is 23.5 Å². The Morgan fingerprint density at radius 3 is 1.62 bits per heavy atom. The lowest BCUT2D eigenvalue weighted by atomic mass is 10.4. The molecule has 0 aliphatic carbocycles. The molecule has 2 unspecified atom stereocenters. The number of hydrogen-bond donors (Lipinski definition) is 0. The Morgan fingerprint density at radius 2 is 1.50 bits per heavy atom. The average molecular weight is 147 g/mol. The minimum absolute atomic E-state index is 0.833. The van der Waals surface area contributed by atoms with Crippen molar-refractivity contribution in [1.29, 1.82) is 0 Å². The van der Waals surface area contributed by atoms with E-state index in [0.29, 0.717) is 0 Å². The van der Waals surface area contributed by atoms with Crippen LogP contribution in [-0.2, 0) is 0 Å². The Kier molecular flexibility index (Phi) is 2.15. The van der Waals surface area contributed by atoms with Gasteiger partial charge in [0.25, 0.3) is 0 Å². The first-order valence-electron chi connectivity index (χ1n) is 2.87. The molecule has 8 heavy (non-hydrogen) atoms. The van der Waals surface area contributed by atoms with E-state index in [-0.39, 0.29) is 0 Å². The molecule has 0 aromatic carbocycles. The van der Waals surface area contributed by atoms with Crippen LogP contribution in [0, 0.1) is 4.58 Å². The lowest BCUT2D eigenvalue weighted by Crippen LogP contribution is -2.04. The van der Waals surface area contributed by atoms with Crippen LogP contribution >= 0.6 is 23.5 Å². The number of hydrogen-bond acceptors (Lipinski definition) is 2. The van der Waals surface area contributed by atoms with Crippen molar-refractivity contribution in [2.75, 3.05) is 0 Å². The van der Waals surface area contributed by atoms with Crippen LogP contribution in [0.15, 0.2) is 0 Å². The molecular weight excluding hydrogens is 136 g/mol. The van der Waals surface area contributed by atoms with Crippen molar-refractivity contribution in [1.82, 2.24) is 0 Å². The number of thioether (sulfide) groups is 2. The lowest BCUT2D eigenvalue weighted by Gasteiger charge is -2.02. The third kappa shape index (κ3) is 1.35. The summed E-state index contributed by atoms with van der Waals surface area (Å²) in [4.78, 5) is 0. The highest BCUT2D eigenvalue weighted by molar-refractivity contribution is 8.24. The first-order valence-corrected chi connectivity index (χ1v) is 4.63. The van der Waals surface area contributed by atoms with Crippen molar-refractivity contribution in [2.45, 2.75) is 31.3 Å². The highest BCUT2D eigenvalue weighted by Gasteiger charge is 2.26. The van der Waals surface area contributed by atoms with Gasteiger partial charge in [-0.3, -0.25) is 0 Å². The van der Waals surface area contributed by atoms with Gasteiger partial charge in [-0.05, 0) is 6.92 Å². The van der Waals surface area contributed by atoms with Gasteiger partial charge < -0.3 is 0 Å². The normalized spacial score (nSPS) is 40.9. The maximum atomic E-state index is 2.29. The van der Waals surface area contributed by atoms with Crippen molar-refractivity contribution in [3.8, 4) is 0 Å². The van der Waals surface area contributed by atoms with Crippen molar-refractivity contribution in [3.05, 3.63) is 4.58 Å². The van der Waals surface area contributed by atoms with E-state index in [0.717, 1.165) is 10.5 Å². The molecule has 0 amide bonds. The van der Waals surface area contributed by atoms with Crippen LogP contribution in [0.4, 0.5) is 0 Å². The van der Waals surface area contributed by atoms with Gasteiger partial charge in [0.1, 0.15) is 0 Å².